The number of fused-ring (bicyclic) bond motifs is 1. The summed E-state index contributed by atoms with van der Waals surface area (Å²) in [5.41, 5.74) is 7.21. The van der Waals surface area contributed by atoms with Crippen molar-refractivity contribution < 1.29 is 4.79 Å². The van der Waals surface area contributed by atoms with Gasteiger partial charge in [-0.25, -0.2) is 0 Å². The maximum absolute atomic E-state index is 11.9. The molecule has 0 bridgehead atoms. The summed E-state index contributed by atoms with van der Waals surface area (Å²) in [5, 5.41) is 5.04. The molecule has 0 amide bonds. The molecule has 0 unspecified atom stereocenters. The van der Waals surface area contributed by atoms with Crippen LogP contribution in [0.15, 0.2) is 47.6 Å². The third kappa shape index (κ3) is 2.32. The van der Waals surface area contributed by atoms with Crippen LogP contribution < -0.4 is 5.43 Å². The molecular weight excluding hydrogens is 272 g/mol. The van der Waals surface area contributed by atoms with Crippen molar-refractivity contribution in [1.82, 2.24) is 0 Å². The quantitative estimate of drug-likeness (QED) is 0.845. The van der Waals surface area contributed by atoms with E-state index >= 15 is 0 Å². The molecule has 3 rings (SSSR count). The summed E-state index contributed by atoms with van der Waals surface area (Å²) in [6.07, 6.45) is 0.339. The molecule has 100 valence electrons. The number of carbonyl (C=O) groups is 1. The molecule has 0 heterocycles. The highest BCUT2D eigenvalue weighted by Crippen LogP contribution is 2.23. The maximum Gasteiger partial charge on any atom is 0.169 e. The Morgan fingerprint density at radius 1 is 1.15 bits per heavy atom. The topological polar surface area (TPSA) is 41.5 Å². The molecule has 0 atom stereocenters. The normalized spacial score (nSPS) is 15.5. The van der Waals surface area contributed by atoms with E-state index in [4.69, 9.17) is 11.6 Å². The summed E-state index contributed by atoms with van der Waals surface area (Å²) in [5.74, 6) is 0.114. The van der Waals surface area contributed by atoms with Gasteiger partial charge in [0.15, 0.2) is 5.78 Å². The van der Waals surface area contributed by atoms with Crippen LogP contribution in [-0.2, 0) is 0 Å². The lowest BCUT2D eigenvalue weighted by Crippen LogP contribution is -2.00. The van der Waals surface area contributed by atoms with Gasteiger partial charge >= 0.3 is 0 Å². The van der Waals surface area contributed by atoms with Gasteiger partial charge in [-0.15, -0.1) is 0 Å². The molecule has 1 aliphatic rings. The first-order chi connectivity index (χ1) is 9.65. The number of nitrogens with one attached hydrogen (secondary N) is 1. The number of halogens is 1. The van der Waals surface area contributed by atoms with Gasteiger partial charge in [-0.3, -0.25) is 10.2 Å². The number of Topliss-reactive ketones (excluding diaryl/α,β-unsaturated/α-hetero) is 1. The highest BCUT2D eigenvalue weighted by Gasteiger charge is 2.24. The largest absolute Gasteiger partial charge is 0.294 e. The van der Waals surface area contributed by atoms with E-state index in [1.807, 2.05) is 49.4 Å². The van der Waals surface area contributed by atoms with Crippen molar-refractivity contribution in [3.05, 3.63) is 64.2 Å². The highest BCUT2D eigenvalue weighted by atomic mass is 35.5. The van der Waals surface area contributed by atoms with Crippen LogP contribution in [0.5, 0.6) is 0 Å². The fourth-order valence-corrected chi connectivity index (χ4v) is 2.40. The van der Waals surface area contributed by atoms with Crippen molar-refractivity contribution in [2.24, 2.45) is 5.10 Å². The molecule has 0 saturated heterocycles. The molecule has 2 aromatic rings. The smallest absolute Gasteiger partial charge is 0.169 e. The van der Waals surface area contributed by atoms with Crippen LogP contribution in [0.1, 0.15) is 27.9 Å². The van der Waals surface area contributed by atoms with Crippen molar-refractivity contribution >= 4 is 28.8 Å². The number of hydrazone groups is 1. The number of ketones is 1. The van der Waals surface area contributed by atoms with E-state index in [1.54, 1.807) is 0 Å². The van der Waals surface area contributed by atoms with E-state index in [9.17, 15) is 4.79 Å². The van der Waals surface area contributed by atoms with E-state index in [-0.39, 0.29) is 5.78 Å². The molecule has 4 heteroatoms. The van der Waals surface area contributed by atoms with Gasteiger partial charge < -0.3 is 0 Å². The molecule has 2 aromatic carbocycles. The van der Waals surface area contributed by atoms with Crippen LogP contribution in [0, 0.1) is 6.92 Å². The van der Waals surface area contributed by atoms with Gasteiger partial charge in [-0.2, -0.15) is 5.10 Å². The summed E-state index contributed by atoms with van der Waals surface area (Å²) in [6, 6.07) is 13.2. The number of hydrogen-bond acceptors (Lipinski definition) is 3. The average molecular weight is 285 g/mol. The first kappa shape index (κ1) is 12.9. The molecule has 20 heavy (non-hydrogen) atoms. The van der Waals surface area contributed by atoms with Gasteiger partial charge in [0.1, 0.15) is 0 Å². The Morgan fingerprint density at radius 2 is 1.90 bits per heavy atom. The lowest BCUT2D eigenvalue weighted by Gasteiger charge is -2.04. The van der Waals surface area contributed by atoms with Gasteiger partial charge in [-0.05, 0) is 24.6 Å². The molecule has 0 aromatic heterocycles. The average Bonchev–Trinajstić information content (AvgIpc) is 2.78. The van der Waals surface area contributed by atoms with Gasteiger partial charge in [0.2, 0.25) is 0 Å². The predicted molar refractivity (Wildman–Crippen MR) is 81.7 cm³/mol. The van der Waals surface area contributed by atoms with Crippen LogP contribution in [0.2, 0.25) is 5.02 Å². The zero-order valence-electron chi connectivity index (χ0n) is 11.0. The minimum atomic E-state index is 0.114. The van der Waals surface area contributed by atoms with Crippen molar-refractivity contribution in [3.8, 4) is 0 Å². The second-order valence-corrected chi connectivity index (χ2v) is 5.19. The summed E-state index contributed by atoms with van der Waals surface area (Å²) < 4.78 is 0. The Hall–Kier alpha value is -2.13. The van der Waals surface area contributed by atoms with Gasteiger partial charge in [0.25, 0.3) is 0 Å². The zero-order chi connectivity index (χ0) is 14.1. The van der Waals surface area contributed by atoms with Gasteiger partial charge in [0.05, 0.1) is 17.8 Å². The summed E-state index contributed by atoms with van der Waals surface area (Å²) in [4.78, 5) is 11.9. The van der Waals surface area contributed by atoms with Gasteiger partial charge in [0, 0.05) is 16.1 Å². The van der Waals surface area contributed by atoms with E-state index in [0.29, 0.717) is 11.4 Å². The van der Waals surface area contributed by atoms with E-state index in [0.717, 1.165) is 28.1 Å². The summed E-state index contributed by atoms with van der Waals surface area (Å²) >= 11 is 6.07. The van der Waals surface area contributed by atoms with Crippen molar-refractivity contribution in [1.29, 1.82) is 0 Å². The predicted octanol–water partition coefficient (Wildman–Crippen LogP) is 4.05. The lowest BCUT2D eigenvalue weighted by molar-refractivity contribution is 0.101. The Labute approximate surface area is 122 Å². The fraction of sp³-hybridized carbons (Fsp3) is 0.125. The molecular formula is C16H13ClN2O. The first-order valence-electron chi connectivity index (χ1n) is 6.36. The minimum Gasteiger partial charge on any atom is -0.294 e. The second-order valence-electron chi connectivity index (χ2n) is 4.78. The number of hydrogen-bond donors (Lipinski definition) is 1. The lowest BCUT2D eigenvalue weighted by atomic mass is 10.1. The van der Waals surface area contributed by atoms with Crippen LogP contribution >= 0.6 is 11.6 Å². The number of benzene rings is 2. The zero-order valence-corrected chi connectivity index (χ0v) is 11.7. The maximum atomic E-state index is 11.9. The van der Waals surface area contributed by atoms with Crippen LogP contribution in [-0.4, -0.2) is 11.5 Å². The first-order valence-corrected chi connectivity index (χ1v) is 6.74. The molecule has 0 spiro atoms. The fourth-order valence-electron chi connectivity index (χ4n) is 2.21. The van der Waals surface area contributed by atoms with Crippen molar-refractivity contribution in [2.45, 2.75) is 13.3 Å². The summed E-state index contributed by atoms with van der Waals surface area (Å²) in [6.45, 7) is 1.95. The Bertz CT molecular complexity index is 722. The highest BCUT2D eigenvalue weighted by molar-refractivity contribution is 6.31. The SMILES string of the molecule is Cc1ccc(NN=C2CC(=O)c3ccccc32)cc1Cl. The molecule has 0 radical (unpaired) electrons. The Balaban J connectivity index is 1.87. The second kappa shape index (κ2) is 5.10. The molecule has 0 aliphatic heterocycles. The number of aryl methyl sites for hydroxylation is 1. The summed E-state index contributed by atoms with van der Waals surface area (Å²) in [7, 11) is 0. The number of anilines is 1. The van der Waals surface area contributed by atoms with Gasteiger partial charge in [-0.1, -0.05) is 41.9 Å². The van der Waals surface area contributed by atoms with Crippen molar-refractivity contribution in [3.63, 3.8) is 0 Å². The molecule has 1 aliphatic carbocycles. The van der Waals surface area contributed by atoms with Crippen LogP contribution in [0.4, 0.5) is 5.69 Å². The van der Waals surface area contributed by atoms with E-state index in [1.165, 1.54) is 0 Å². The van der Waals surface area contributed by atoms with Crippen LogP contribution in [0.3, 0.4) is 0 Å². The number of nitrogens with zero attached hydrogens (tertiary/aromatic N) is 1. The monoisotopic (exact) mass is 284 g/mol. The third-order valence-electron chi connectivity index (χ3n) is 3.36. The Kier molecular flexibility index (Phi) is 3.28. The van der Waals surface area contributed by atoms with E-state index < -0.39 is 0 Å². The molecule has 0 saturated carbocycles. The van der Waals surface area contributed by atoms with Crippen LogP contribution in [0.25, 0.3) is 0 Å². The Morgan fingerprint density at radius 3 is 2.65 bits per heavy atom. The minimum absolute atomic E-state index is 0.114. The molecule has 0 fully saturated rings. The number of carbonyl (C=O) groups excluding carboxylic acids is 1. The molecule has 1 N–H and O–H groups in total. The molecule has 3 nitrogen and oxygen atoms in total. The van der Waals surface area contributed by atoms with Crippen molar-refractivity contribution in [2.75, 3.05) is 5.43 Å². The third-order valence-corrected chi connectivity index (χ3v) is 3.77. The standard InChI is InChI=1S/C16H13ClN2O/c1-10-6-7-11(8-14(10)17)18-19-15-9-16(20)13-5-3-2-4-12(13)15/h2-8,18H,9H2,1H3. The number of rotatable bonds is 2. The van der Waals surface area contributed by atoms with E-state index in [2.05, 4.69) is 10.5 Å².